The lowest BCUT2D eigenvalue weighted by molar-refractivity contribution is -0.136. The van der Waals surface area contributed by atoms with E-state index in [-0.39, 0.29) is 17.9 Å². The van der Waals surface area contributed by atoms with Crippen molar-refractivity contribution >= 4 is 5.91 Å². The van der Waals surface area contributed by atoms with E-state index >= 15 is 0 Å². The molecule has 3 heteroatoms. The molecule has 3 nitrogen and oxygen atoms in total. The Morgan fingerprint density at radius 3 is 2.41 bits per heavy atom. The van der Waals surface area contributed by atoms with Crippen molar-refractivity contribution < 1.29 is 4.79 Å². The van der Waals surface area contributed by atoms with E-state index in [2.05, 4.69) is 19.9 Å². The summed E-state index contributed by atoms with van der Waals surface area (Å²) in [4.78, 5) is 13.9. The first kappa shape index (κ1) is 14.0. The van der Waals surface area contributed by atoms with E-state index in [9.17, 15) is 4.79 Å². The van der Waals surface area contributed by atoms with Gasteiger partial charge in [-0.1, -0.05) is 33.1 Å². The molecule has 0 N–H and O–H groups in total. The van der Waals surface area contributed by atoms with Gasteiger partial charge in [0.15, 0.2) is 0 Å². The summed E-state index contributed by atoms with van der Waals surface area (Å²) >= 11 is 0. The van der Waals surface area contributed by atoms with Crippen LogP contribution in [0.25, 0.3) is 0 Å². The molecule has 0 aliphatic heterocycles. The molecular formula is C14H24N2O. The molecule has 1 saturated carbocycles. The Labute approximate surface area is 105 Å². The number of rotatable bonds is 4. The first-order valence-electron chi connectivity index (χ1n) is 6.72. The molecule has 0 spiro atoms. The molecule has 96 valence electrons. The molecule has 17 heavy (non-hydrogen) atoms. The Morgan fingerprint density at radius 1 is 1.35 bits per heavy atom. The zero-order valence-corrected chi connectivity index (χ0v) is 11.3. The average molecular weight is 236 g/mol. The Morgan fingerprint density at radius 2 is 1.94 bits per heavy atom. The van der Waals surface area contributed by atoms with Gasteiger partial charge in [-0.3, -0.25) is 4.79 Å². The summed E-state index contributed by atoms with van der Waals surface area (Å²) in [5.74, 6) is 0.787. The number of nitriles is 1. The first-order chi connectivity index (χ1) is 8.06. The van der Waals surface area contributed by atoms with Crippen molar-refractivity contribution in [3.05, 3.63) is 0 Å². The SMILES string of the molecule is CC(C)CC(C#N)N(C)C(=O)C1CCCCC1. The summed E-state index contributed by atoms with van der Waals surface area (Å²) in [5.41, 5.74) is 0. The second-order valence-corrected chi connectivity index (χ2v) is 5.56. The third-order valence-corrected chi connectivity index (χ3v) is 3.61. The first-order valence-corrected chi connectivity index (χ1v) is 6.72. The van der Waals surface area contributed by atoms with Crippen molar-refractivity contribution in [1.82, 2.24) is 4.90 Å². The van der Waals surface area contributed by atoms with E-state index in [1.165, 1.54) is 6.42 Å². The van der Waals surface area contributed by atoms with E-state index in [1.54, 1.807) is 11.9 Å². The third-order valence-electron chi connectivity index (χ3n) is 3.61. The van der Waals surface area contributed by atoms with Crippen LogP contribution in [0, 0.1) is 23.2 Å². The van der Waals surface area contributed by atoms with Gasteiger partial charge in [0.2, 0.25) is 5.91 Å². The molecule has 0 heterocycles. The second kappa shape index (κ2) is 6.64. The maximum atomic E-state index is 12.3. The molecule has 1 amide bonds. The van der Waals surface area contributed by atoms with Gasteiger partial charge in [-0.2, -0.15) is 5.26 Å². The number of amides is 1. The molecule has 0 bridgehead atoms. The summed E-state index contributed by atoms with van der Waals surface area (Å²) in [6, 6.07) is 2.00. The zero-order chi connectivity index (χ0) is 12.8. The van der Waals surface area contributed by atoms with E-state index < -0.39 is 0 Å². The molecule has 1 aliphatic rings. The van der Waals surface area contributed by atoms with Gasteiger partial charge in [0.1, 0.15) is 6.04 Å². The quantitative estimate of drug-likeness (QED) is 0.753. The molecule has 1 unspecified atom stereocenters. The van der Waals surface area contributed by atoms with Crippen molar-refractivity contribution in [3.8, 4) is 6.07 Å². The lowest BCUT2D eigenvalue weighted by Gasteiger charge is -2.30. The van der Waals surface area contributed by atoms with Gasteiger partial charge in [0.05, 0.1) is 6.07 Å². The standard InChI is InChI=1S/C14H24N2O/c1-11(2)9-13(10-15)16(3)14(17)12-7-5-4-6-8-12/h11-13H,4-9H2,1-3H3. The van der Waals surface area contributed by atoms with Gasteiger partial charge in [0, 0.05) is 13.0 Å². The number of carbonyl (C=O) groups excluding carboxylic acids is 1. The van der Waals surface area contributed by atoms with Crippen LogP contribution in [0.3, 0.4) is 0 Å². The van der Waals surface area contributed by atoms with Gasteiger partial charge in [-0.15, -0.1) is 0 Å². The van der Waals surface area contributed by atoms with Gasteiger partial charge in [-0.05, 0) is 25.2 Å². The molecule has 0 aromatic heterocycles. The van der Waals surface area contributed by atoms with E-state index in [1.807, 2.05) is 0 Å². The second-order valence-electron chi connectivity index (χ2n) is 5.56. The Balaban J connectivity index is 2.57. The Bertz CT molecular complexity index is 287. The average Bonchev–Trinajstić information content (AvgIpc) is 2.35. The minimum atomic E-state index is -0.260. The number of carbonyl (C=O) groups is 1. The fraction of sp³-hybridized carbons (Fsp3) is 0.857. The van der Waals surface area contributed by atoms with Crippen LogP contribution in [0.1, 0.15) is 52.4 Å². The minimum absolute atomic E-state index is 0.164. The topological polar surface area (TPSA) is 44.1 Å². The van der Waals surface area contributed by atoms with Gasteiger partial charge in [-0.25, -0.2) is 0 Å². The van der Waals surface area contributed by atoms with Crippen molar-refractivity contribution in [2.24, 2.45) is 11.8 Å². The lowest BCUT2D eigenvalue weighted by atomic mass is 9.88. The zero-order valence-electron chi connectivity index (χ0n) is 11.3. The van der Waals surface area contributed by atoms with E-state index in [0.29, 0.717) is 5.92 Å². The fourth-order valence-corrected chi connectivity index (χ4v) is 2.54. The normalized spacial score (nSPS) is 18.8. The van der Waals surface area contributed by atoms with Crippen molar-refractivity contribution in [1.29, 1.82) is 5.26 Å². The van der Waals surface area contributed by atoms with Crippen molar-refractivity contribution in [2.75, 3.05) is 7.05 Å². The Hall–Kier alpha value is -1.04. The minimum Gasteiger partial charge on any atom is -0.329 e. The Kier molecular flexibility index (Phi) is 5.47. The highest BCUT2D eigenvalue weighted by molar-refractivity contribution is 5.79. The summed E-state index contributed by atoms with van der Waals surface area (Å²) in [6.45, 7) is 4.17. The summed E-state index contributed by atoms with van der Waals surface area (Å²) in [6.07, 6.45) is 6.34. The summed E-state index contributed by atoms with van der Waals surface area (Å²) in [7, 11) is 1.78. The van der Waals surface area contributed by atoms with E-state index in [4.69, 9.17) is 5.26 Å². The van der Waals surface area contributed by atoms with Crippen LogP contribution in [-0.2, 0) is 4.79 Å². The van der Waals surface area contributed by atoms with Gasteiger partial charge in [0.25, 0.3) is 0 Å². The van der Waals surface area contributed by atoms with Crippen LogP contribution in [-0.4, -0.2) is 23.9 Å². The van der Waals surface area contributed by atoms with Crippen LogP contribution in [0.5, 0.6) is 0 Å². The van der Waals surface area contributed by atoms with Gasteiger partial charge < -0.3 is 4.90 Å². The molecule has 1 atom stereocenters. The third kappa shape index (κ3) is 4.03. The van der Waals surface area contributed by atoms with Crippen LogP contribution >= 0.6 is 0 Å². The largest absolute Gasteiger partial charge is 0.329 e. The highest BCUT2D eigenvalue weighted by atomic mass is 16.2. The predicted molar refractivity (Wildman–Crippen MR) is 68.2 cm³/mol. The van der Waals surface area contributed by atoms with Crippen LogP contribution < -0.4 is 0 Å². The molecular weight excluding hydrogens is 212 g/mol. The number of nitrogens with zero attached hydrogens (tertiary/aromatic N) is 2. The fourth-order valence-electron chi connectivity index (χ4n) is 2.54. The lowest BCUT2D eigenvalue weighted by Crippen LogP contribution is -2.41. The molecule has 1 fully saturated rings. The van der Waals surface area contributed by atoms with E-state index in [0.717, 1.165) is 32.1 Å². The highest BCUT2D eigenvalue weighted by Crippen LogP contribution is 2.26. The van der Waals surface area contributed by atoms with Crippen molar-refractivity contribution in [2.45, 2.75) is 58.4 Å². The smallest absolute Gasteiger partial charge is 0.226 e. The summed E-state index contributed by atoms with van der Waals surface area (Å²) in [5, 5.41) is 9.15. The van der Waals surface area contributed by atoms with Crippen LogP contribution in [0.4, 0.5) is 0 Å². The molecule has 1 rings (SSSR count). The monoisotopic (exact) mass is 236 g/mol. The molecule has 0 aromatic carbocycles. The molecule has 0 radical (unpaired) electrons. The molecule has 0 aromatic rings. The number of hydrogen-bond acceptors (Lipinski definition) is 2. The number of hydrogen-bond donors (Lipinski definition) is 0. The molecule has 1 aliphatic carbocycles. The molecule has 0 saturated heterocycles. The van der Waals surface area contributed by atoms with Gasteiger partial charge >= 0.3 is 0 Å². The highest BCUT2D eigenvalue weighted by Gasteiger charge is 2.28. The maximum Gasteiger partial charge on any atom is 0.226 e. The van der Waals surface area contributed by atoms with Crippen LogP contribution in [0.15, 0.2) is 0 Å². The maximum absolute atomic E-state index is 12.3. The van der Waals surface area contributed by atoms with Crippen molar-refractivity contribution in [3.63, 3.8) is 0 Å². The summed E-state index contributed by atoms with van der Waals surface area (Å²) < 4.78 is 0. The predicted octanol–water partition coefficient (Wildman–Crippen LogP) is 2.96. The van der Waals surface area contributed by atoms with Crippen LogP contribution in [0.2, 0.25) is 0 Å².